The molecule has 1 amide bonds. The lowest BCUT2D eigenvalue weighted by Crippen LogP contribution is -2.47. The summed E-state index contributed by atoms with van der Waals surface area (Å²) in [6.45, 7) is 2.98. The molecule has 28 heavy (non-hydrogen) atoms. The summed E-state index contributed by atoms with van der Waals surface area (Å²) < 4.78 is 15.1. The van der Waals surface area contributed by atoms with E-state index in [2.05, 4.69) is 15.3 Å². The second-order valence-corrected chi connectivity index (χ2v) is 6.88. The maximum atomic E-state index is 13.4. The van der Waals surface area contributed by atoms with E-state index in [1.54, 1.807) is 29.1 Å². The molecule has 144 valence electrons. The summed E-state index contributed by atoms with van der Waals surface area (Å²) in [5, 5.41) is 3.45. The van der Waals surface area contributed by atoms with E-state index < -0.39 is 0 Å². The number of carbonyl (C=O) groups excluding carboxylic acids is 1. The molecule has 1 aromatic carbocycles. The number of hydrogen-bond acceptors (Lipinski definition) is 4. The van der Waals surface area contributed by atoms with Crippen molar-refractivity contribution in [2.75, 3.05) is 26.2 Å². The van der Waals surface area contributed by atoms with Crippen LogP contribution in [0, 0.1) is 5.82 Å². The summed E-state index contributed by atoms with van der Waals surface area (Å²) in [4.78, 5) is 23.2. The minimum atomic E-state index is -0.325. The molecule has 3 aromatic rings. The van der Waals surface area contributed by atoms with Gasteiger partial charge in [-0.2, -0.15) is 0 Å². The lowest BCUT2D eigenvalue weighted by Gasteiger charge is -2.28. The Bertz CT molecular complexity index is 968. The predicted molar refractivity (Wildman–Crippen MR) is 105 cm³/mol. The van der Waals surface area contributed by atoms with Crippen LogP contribution in [0.4, 0.5) is 4.39 Å². The van der Waals surface area contributed by atoms with Crippen molar-refractivity contribution in [1.82, 2.24) is 24.8 Å². The first-order valence-electron chi connectivity index (χ1n) is 9.04. The molecule has 8 heteroatoms. The number of amides is 1. The molecule has 0 bridgehead atoms. The first kappa shape index (κ1) is 18.6. The molecule has 0 radical (unpaired) electrons. The Kier molecular flexibility index (Phi) is 5.36. The Hall–Kier alpha value is -2.77. The summed E-state index contributed by atoms with van der Waals surface area (Å²) in [6, 6.07) is 9.75. The molecular formula is C20H19ClFN5O. The van der Waals surface area contributed by atoms with Gasteiger partial charge in [0.15, 0.2) is 0 Å². The Morgan fingerprint density at radius 3 is 2.43 bits per heavy atom. The zero-order valence-corrected chi connectivity index (χ0v) is 15.9. The van der Waals surface area contributed by atoms with Crippen molar-refractivity contribution in [3.63, 3.8) is 0 Å². The van der Waals surface area contributed by atoms with Crippen LogP contribution in [0.3, 0.4) is 0 Å². The van der Waals surface area contributed by atoms with Crippen LogP contribution in [0.25, 0.3) is 22.5 Å². The molecule has 1 N–H and O–H groups in total. The van der Waals surface area contributed by atoms with Gasteiger partial charge in [-0.05, 0) is 48.0 Å². The van der Waals surface area contributed by atoms with Crippen LogP contribution in [0.1, 0.15) is 0 Å². The number of halogens is 2. The number of piperazine rings is 1. The monoisotopic (exact) mass is 399 g/mol. The van der Waals surface area contributed by atoms with E-state index >= 15 is 0 Å². The second-order valence-electron chi connectivity index (χ2n) is 6.54. The van der Waals surface area contributed by atoms with E-state index in [1.807, 2.05) is 17.0 Å². The van der Waals surface area contributed by atoms with Crippen LogP contribution in [0.15, 0.2) is 48.8 Å². The normalized spacial score (nSPS) is 14.3. The lowest BCUT2D eigenvalue weighted by molar-refractivity contribution is -0.132. The third kappa shape index (κ3) is 3.76. The van der Waals surface area contributed by atoms with Crippen molar-refractivity contribution in [2.24, 2.45) is 0 Å². The molecule has 1 aliphatic heterocycles. The summed E-state index contributed by atoms with van der Waals surface area (Å²) in [6.07, 6.45) is 3.35. The van der Waals surface area contributed by atoms with Gasteiger partial charge in [0, 0.05) is 49.7 Å². The summed E-state index contributed by atoms with van der Waals surface area (Å²) in [5.74, 6) is -0.338. The smallest absolute Gasteiger partial charge is 0.242 e. The van der Waals surface area contributed by atoms with Gasteiger partial charge in [0.25, 0.3) is 0 Å². The first-order valence-corrected chi connectivity index (χ1v) is 9.42. The number of nitrogens with one attached hydrogen (secondary N) is 1. The number of carbonyl (C=O) groups is 1. The van der Waals surface area contributed by atoms with Crippen LogP contribution < -0.4 is 5.32 Å². The van der Waals surface area contributed by atoms with Crippen LogP contribution in [0.5, 0.6) is 0 Å². The van der Waals surface area contributed by atoms with Crippen molar-refractivity contribution >= 4 is 17.5 Å². The van der Waals surface area contributed by atoms with Crippen molar-refractivity contribution in [3.05, 3.63) is 59.9 Å². The largest absolute Gasteiger partial charge is 0.339 e. The van der Waals surface area contributed by atoms with Gasteiger partial charge in [0.1, 0.15) is 12.4 Å². The van der Waals surface area contributed by atoms with Crippen molar-refractivity contribution in [1.29, 1.82) is 0 Å². The standard InChI is InChI=1S/C20H19ClFN5O/c21-20-25-18(14-1-3-16(22)4-2-14)19(15-5-7-23-8-6-15)27(20)13-17(28)26-11-9-24-10-12-26/h1-8,24H,9-13H2. The van der Waals surface area contributed by atoms with Gasteiger partial charge in [-0.1, -0.05) is 0 Å². The summed E-state index contributed by atoms with van der Waals surface area (Å²) in [5.41, 5.74) is 2.87. The van der Waals surface area contributed by atoms with E-state index in [-0.39, 0.29) is 23.6 Å². The molecule has 1 saturated heterocycles. The van der Waals surface area contributed by atoms with Gasteiger partial charge >= 0.3 is 0 Å². The predicted octanol–water partition coefficient (Wildman–Crippen LogP) is 2.84. The van der Waals surface area contributed by atoms with E-state index in [1.165, 1.54) is 12.1 Å². The highest BCUT2D eigenvalue weighted by atomic mass is 35.5. The van der Waals surface area contributed by atoms with Crippen molar-refractivity contribution < 1.29 is 9.18 Å². The maximum absolute atomic E-state index is 13.4. The van der Waals surface area contributed by atoms with E-state index in [0.717, 1.165) is 24.2 Å². The maximum Gasteiger partial charge on any atom is 0.242 e. The highest BCUT2D eigenvalue weighted by Crippen LogP contribution is 2.34. The molecule has 3 heterocycles. The number of imidazole rings is 1. The van der Waals surface area contributed by atoms with Crippen LogP contribution >= 0.6 is 11.6 Å². The highest BCUT2D eigenvalue weighted by Gasteiger charge is 2.23. The molecule has 6 nitrogen and oxygen atoms in total. The quantitative estimate of drug-likeness (QED) is 0.732. The minimum absolute atomic E-state index is 0.0123. The Labute approximate surface area is 167 Å². The van der Waals surface area contributed by atoms with Gasteiger partial charge < -0.3 is 14.8 Å². The highest BCUT2D eigenvalue weighted by molar-refractivity contribution is 6.29. The van der Waals surface area contributed by atoms with Crippen molar-refractivity contribution in [3.8, 4) is 22.5 Å². The van der Waals surface area contributed by atoms with E-state index in [0.29, 0.717) is 24.5 Å². The van der Waals surface area contributed by atoms with Gasteiger partial charge in [-0.25, -0.2) is 9.37 Å². The van der Waals surface area contributed by atoms with Crippen LogP contribution in [-0.2, 0) is 11.3 Å². The van der Waals surface area contributed by atoms with Gasteiger partial charge in [-0.15, -0.1) is 0 Å². The number of nitrogens with zero attached hydrogens (tertiary/aromatic N) is 4. The zero-order chi connectivity index (χ0) is 19.5. The molecule has 0 unspecified atom stereocenters. The summed E-state index contributed by atoms with van der Waals surface area (Å²) >= 11 is 6.44. The fraction of sp³-hybridized carbons (Fsp3) is 0.250. The molecule has 4 rings (SSSR count). The summed E-state index contributed by atoms with van der Waals surface area (Å²) in [7, 11) is 0. The molecular weight excluding hydrogens is 381 g/mol. The van der Waals surface area contributed by atoms with Crippen LogP contribution in [0.2, 0.25) is 5.28 Å². The topological polar surface area (TPSA) is 63.1 Å². The Morgan fingerprint density at radius 1 is 1.07 bits per heavy atom. The SMILES string of the molecule is O=C(Cn1c(Cl)nc(-c2ccc(F)cc2)c1-c1ccncc1)N1CCNCC1. The molecule has 0 spiro atoms. The van der Waals surface area contributed by atoms with Crippen LogP contribution in [-0.4, -0.2) is 51.5 Å². The molecule has 0 atom stereocenters. The van der Waals surface area contributed by atoms with Gasteiger partial charge in [0.05, 0.1) is 11.4 Å². The number of aromatic nitrogens is 3. The number of benzene rings is 1. The molecule has 1 aliphatic rings. The van der Waals surface area contributed by atoms with Gasteiger partial charge in [0.2, 0.25) is 11.2 Å². The minimum Gasteiger partial charge on any atom is -0.339 e. The Balaban J connectivity index is 1.77. The average molecular weight is 400 g/mol. The number of pyridine rings is 1. The molecule has 2 aromatic heterocycles. The fourth-order valence-corrected chi connectivity index (χ4v) is 3.56. The van der Waals surface area contributed by atoms with Gasteiger partial charge in [-0.3, -0.25) is 9.78 Å². The lowest BCUT2D eigenvalue weighted by atomic mass is 10.1. The second kappa shape index (κ2) is 8.08. The fourth-order valence-electron chi connectivity index (χ4n) is 3.33. The van der Waals surface area contributed by atoms with E-state index in [9.17, 15) is 9.18 Å². The van der Waals surface area contributed by atoms with Crippen molar-refractivity contribution in [2.45, 2.75) is 6.54 Å². The average Bonchev–Trinajstić information content (AvgIpc) is 3.06. The third-order valence-corrected chi connectivity index (χ3v) is 5.04. The molecule has 1 fully saturated rings. The van der Waals surface area contributed by atoms with E-state index in [4.69, 9.17) is 11.6 Å². The third-order valence-electron chi connectivity index (χ3n) is 4.76. The zero-order valence-electron chi connectivity index (χ0n) is 15.1. The Morgan fingerprint density at radius 2 is 1.75 bits per heavy atom. The number of hydrogen-bond donors (Lipinski definition) is 1. The number of rotatable bonds is 4. The first-order chi connectivity index (χ1) is 13.6. The molecule has 0 saturated carbocycles. The molecule has 0 aliphatic carbocycles.